The molecule has 0 aliphatic carbocycles. The van der Waals surface area contributed by atoms with Crippen LogP contribution < -0.4 is 16.4 Å². The van der Waals surface area contributed by atoms with Crippen molar-refractivity contribution in [3.63, 3.8) is 0 Å². The fourth-order valence-electron chi connectivity index (χ4n) is 2.49. The van der Waals surface area contributed by atoms with Crippen molar-refractivity contribution in [1.29, 1.82) is 0 Å². The van der Waals surface area contributed by atoms with E-state index in [9.17, 15) is 14.4 Å². The van der Waals surface area contributed by atoms with E-state index in [0.29, 0.717) is 16.8 Å². The monoisotopic (exact) mass is 339 g/mol. The number of fused-ring (bicyclic) bond motifs is 1. The van der Waals surface area contributed by atoms with E-state index in [0.717, 1.165) is 5.56 Å². The van der Waals surface area contributed by atoms with E-state index in [4.69, 9.17) is 4.42 Å². The lowest BCUT2D eigenvalue weighted by Crippen LogP contribution is -2.24. The van der Waals surface area contributed by atoms with Gasteiger partial charge in [0.15, 0.2) is 5.58 Å². The van der Waals surface area contributed by atoms with E-state index in [-0.39, 0.29) is 24.8 Å². The van der Waals surface area contributed by atoms with Gasteiger partial charge in [-0.1, -0.05) is 24.3 Å². The zero-order valence-electron chi connectivity index (χ0n) is 13.6. The highest BCUT2D eigenvalue weighted by Gasteiger charge is 2.12. The average molecular weight is 339 g/mol. The molecular formula is C18H17N3O4. The van der Waals surface area contributed by atoms with Gasteiger partial charge in [-0.15, -0.1) is 0 Å². The molecule has 0 fully saturated rings. The summed E-state index contributed by atoms with van der Waals surface area (Å²) in [5.74, 6) is -0.993. The van der Waals surface area contributed by atoms with E-state index in [1.54, 1.807) is 55.6 Å². The summed E-state index contributed by atoms with van der Waals surface area (Å²) >= 11 is 0. The topological polar surface area (TPSA) is 93.3 Å². The summed E-state index contributed by atoms with van der Waals surface area (Å²) in [5.41, 5.74) is 2.45. The number of nitrogens with zero attached hydrogens (tertiary/aromatic N) is 1. The van der Waals surface area contributed by atoms with Gasteiger partial charge in [0.25, 0.3) is 0 Å². The molecule has 0 atom stereocenters. The summed E-state index contributed by atoms with van der Waals surface area (Å²) in [6.45, 7) is -0.143. The lowest BCUT2D eigenvalue weighted by molar-refractivity contribution is -0.120. The molecule has 0 saturated carbocycles. The maximum absolute atomic E-state index is 12.2. The summed E-state index contributed by atoms with van der Waals surface area (Å²) in [7, 11) is 1.58. The molecule has 2 aromatic carbocycles. The molecule has 0 aliphatic rings. The number of nitrogens with one attached hydrogen (secondary N) is 2. The Balaban J connectivity index is 1.69. The molecule has 2 amide bonds. The van der Waals surface area contributed by atoms with Gasteiger partial charge in [0.05, 0.1) is 11.9 Å². The van der Waals surface area contributed by atoms with Crippen LogP contribution >= 0.6 is 0 Å². The first-order valence-electron chi connectivity index (χ1n) is 7.74. The average Bonchev–Trinajstić information content (AvgIpc) is 2.92. The van der Waals surface area contributed by atoms with Crippen LogP contribution in [0.5, 0.6) is 0 Å². The molecule has 0 unspecified atom stereocenters. The minimum Gasteiger partial charge on any atom is -0.408 e. The SMILES string of the molecule is CNC(=O)Cc1ccc(NC(=O)Cn2c(=O)oc3ccccc32)cc1. The second kappa shape index (κ2) is 7.04. The van der Waals surface area contributed by atoms with Crippen molar-refractivity contribution in [2.45, 2.75) is 13.0 Å². The van der Waals surface area contributed by atoms with Crippen molar-refractivity contribution < 1.29 is 14.0 Å². The highest BCUT2D eigenvalue weighted by Crippen LogP contribution is 2.13. The molecule has 2 N–H and O–H groups in total. The molecule has 128 valence electrons. The van der Waals surface area contributed by atoms with Crippen LogP contribution in [0, 0.1) is 0 Å². The summed E-state index contributed by atoms with van der Waals surface area (Å²) in [6.07, 6.45) is 0.279. The molecule has 0 bridgehead atoms. The van der Waals surface area contributed by atoms with Crippen LogP contribution in [-0.4, -0.2) is 23.4 Å². The Hall–Kier alpha value is -3.35. The van der Waals surface area contributed by atoms with E-state index in [2.05, 4.69) is 10.6 Å². The number of likely N-dealkylation sites (N-methyl/N-ethyl adjacent to an activating group) is 1. The molecule has 0 saturated heterocycles. The maximum Gasteiger partial charge on any atom is 0.420 e. The van der Waals surface area contributed by atoms with Gasteiger partial charge >= 0.3 is 5.76 Å². The molecular weight excluding hydrogens is 322 g/mol. The van der Waals surface area contributed by atoms with Gasteiger partial charge in [-0.05, 0) is 29.8 Å². The molecule has 3 rings (SSSR count). The number of hydrogen-bond acceptors (Lipinski definition) is 4. The Labute approximate surface area is 143 Å². The molecule has 25 heavy (non-hydrogen) atoms. The largest absolute Gasteiger partial charge is 0.420 e. The number of hydrogen-bond donors (Lipinski definition) is 2. The molecule has 3 aromatic rings. The summed E-state index contributed by atoms with van der Waals surface area (Å²) < 4.78 is 6.39. The summed E-state index contributed by atoms with van der Waals surface area (Å²) in [6, 6.07) is 13.9. The highest BCUT2D eigenvalue weighted by molar-refractivity contribution is 5.91. The third-order valence-corrected chi connectivity index (χ3v) is 3.76. The highest BCUT2D eigenvalue weighted by atomic mass is 16.4. The van der Waals surface area contributed by atoms with Gasteiger partial charge in [0.1, 0.15) is 6.54 Å². The molecule has 7 heteroatoms. The fraction of sp³-hybridized carbons (Fsp3) is 0.167. The van der Waals surface area contributed by atoms with Crippen molar-refractivity contribution >= 4 is 28.6 Å². The van der Waals surface area contributed by atoms with Crippen LogP contribution in [0.3, 0.4) is 0 Å². The van der Waals surface area contributed by atoms with Crippen LogP contribution in [0.1, 0.15) is 5.56 Å². The Morgan fingerprint density at radius 2 is 1.76 bits per heavy atom. The van der Waals surface area contributed by atoms with Crippen molar-refractivity contribution in [2.24, 2.45) is 0 Å². The number of aromatic nitrogens is 1. The number of benzene rings is 2. The van der Waals surface area contributed by atoms with Gasteiger partial charge in [0, 0.05) is 12.7 Å². The number of para-hydroxylation sites is 2. The first-order valence-corrected chi connectivity index (χ1v) is 7.74. The Kier molecular flexibility index (Phi) is 4.65. The number of carbonyl (C=O) groups is 2. The Morgan fingerprint density at radius 3 is 2.48 bits per heavy atom. The smallest absolute Gasteiger partial charge is 0.408 e. The summed E-state index contributed by atoms with van der Waals surface area (Å²) in [5, 5.41) is 5.28. The fourth-order valence-corrected chi connectivity index (χ4v) is 2.49. The lowest BCUT2D eigenvalue weighted by Gasteiger charge is -2.07. The van der Waals surface area contributed by atoms with Gasteiger partial charge in [-0.3, -0.25) is 14.2 Å². The summed E-state index contributed by atoms with van der Waals surface area (Å²) in [4.78, 5) is 35.4. The Bertz CT molecular complexity index is 970. The van der Waals surface area contributed by atoms with Crippen LogP contribution in [0.2, 0.25) is 0 Å². The van der Waals surface area contributed by atoms with E-state index in [1.807, 2.05) is 0 Å². The molecule has 0 radical (unpaired) electrons. The van der Waals surface area contributed by atoms with E-state index < -0.39 is 5.76 Å². The maximum atomic E-state index is 12.2. The zero-order valence-corrected chi connectivity index (χ0v) is 13.6. The zero-order chi connectivity index (χ0) is 17.8. The van der Waals surface area contributed by atoms with Crippen molar-refractivity contribution in [1.82, 2.24) is 9.88 Å². The second-order valence-corrected chi connectivity index (χ2v) is 5.52. The van der Waals surface area contributed by atoms with E-state index >= 15 is 0 Å². The van der Waals surface area contributed by atoms with Crippen LogP contribution in [-0.2, 0) is 22.6 Å². The predicted molar refractivity (Wildman–Crippen MR) is 93.3 cm³/mol. The quantitative estimate of drug-likeness (QED) is 0.737. The van der Waals surface area contributed by atoms with Gasteiger partial charge in [-0.25, -0.2) is 4.79 Å². The molecule has 1 heterocycles. The number of carbonyl (C=O) groups excluding carboxylic acids is 2. The molecule has 0 aliphatic heterocycles. The van der Waals surface area contributed by atoms with Crippen LogP contribution in [0.15, 0.2) is 57.7 Å². The third-order valence-electron chi connectivity index (χ3n) is 3.76. The number of oxazole rings is 1. The normalized spacial score (nSPS) is 10.6. The van der Waals surface area contributed by atoms with Crippen molar-refractivity contribution in [2.75, 3.05) is 12.4 Å². The van der Waals surface area contributed by atoms with Gasteiger partial charge in [0.2, 0.25) is 11.8 Å². The molecule has 1 aromatic heterocycles. The molecule has 7 nitrogen and oxygen atoms in total. The first kappa shape index (κ1) is 16.5. The minimum atomic E-state index is -0.572. The minimum absolute atomic E-state index is 0.0806. The van der Waals surface area contributed by atoms with Gasteiger partial charge < -0.3 is 15.1 Å². The van der Waals surface area contributed by atoms with Crippen LogP contribution in [0.4, 0.5) is 5.69 Å². The standard InChI is InChI=1S/C18H17N3O4/c1-19-16(22)10-12-6-8-13(9-7-12)20-17(23)11-21-14-4-2-3-5-15(14)25-18(21)24/h2-9H,10-11H2,1H3,(H,19,22)(H,20,23). The second-order valence-electron chi connectivity index (χ2n) is 5.52. The number of rotatable bonds is 5. The van der Waals surface area contributed by atoms with Crippen molar-refractivity contribution in [3.8, 4) is 0 Å². The van der Waals surface area contributed by atoms with Crippen LogP contribution in [0.25, 0.3) is 11.1 Å². The third kappa shape index (κ3) is 3.77. The number of amides is 2. The Morgan fingerprint density at radius 1 is 1.04 bits per heavy atom. The predicted octanol–water partition coefficient (Wildman–Crippen LogP) is 1.52. The first-order chi connectivity index (χ1) is 12.1. The number of anilines is 1. The lowest BCUT2D eigenvalue weighted by atomic mass is 10.1. The van der Waals surface area contributed by atoms with E-state index in [1.165, 1.54) is 4.57 Å². The molecule has 0 spiro atoms. The van der Waals surface area contributed by atoms with Crippen molar-refractivity contribution in [3.05, 3.63) is 64.6 Å². The van der Waals surface area contributed by atoms with Gasteiger partial charge in [-0.2, -0.15) is 0 Å².